The molecule has 0 radical (unpaired) electrons. The molecule has 1 rings (SSSR count). The van der Waals surface area contributed by atoms with Crippen LogP contribution in [0.1, 0.15) is 11.1 Å². The van der Waals surface area contributed by atoms with Gasteiger partial charge in [0.2, 0.25) is 0 Å². The van der Waals surface area contributed by atoms with Crippen molar-refractivity contribution in [2.24, 2.45) is 0 Å². The summed E-state index contributed by atoms with van der Waals surface area (Å²) < 4.78 is 0. The van der Waals surface area contributed by atoms with Crippen molar-refractivity contribution < 1.29 is 5.11 Å². The van der Waals surface area contributed by atoms with Gasteiger partial charge in [-0.1, -0.05) is 11.6 Å². The van der Waals surface area contributed by atoms with E-state index in [2.05, 4.69) is 0 Å². The topological polar surface area (TPSA) is 46.2 Å². The third-order valence-corrected chi connectivity index (χ3v) is 2.24. The fraction of sp³-hybridized carbons (Fsp3) is 0.250. The number of hydrogen-bond donors (Lipinski definition) is 2. The number of phenolic OH excluding ortho intramolecular Hbond substituents is 1. The zero-order valence-electron chi connectivity index (χ0n) is 6.48. The molecule has 0 fully saturated rings. The Kier molecular flexibility index (Phi) is 1.96. The van der Waals surface area contributed by atoms with Crippen molar-refractivity contribution in [2.75, 3.05) is 5.73 Å². The van der Waals surface area contributed by atoms with Crippen LogP contribution in [0.5, 0.6) is 5.75 Å². The lowest BCUT2D eigenvalue weighted by molar-refractivity contribution is 0.477. The number of aryl methyl sites for hydroxylation is 1. The van der Waals surface area contributed by atoms with E-state index in [1.165, 1.54) is 0 Å². The molecule has 0 bridgehead atoms. The third kappa shape index (κ3) is 1.26. The van der Waals surface area contributed by atoms with Gasteiger partial charge in [0.1, 0.15) is 0 Å². The molecule has 0 spiro atoms. The molecule has 0 aromatic heterocycles. The molecular weight excluding hydrogens is 162 g/mol. The molecular formula is C8H10ClNO. The summed E-state index contributed by atoms with van der Waals surface area (Å²) in [6.07, 6.45) is 0. The third-order valence-electron chi connectivity index (χ3n) is 1.77. The highest BCUT2D eigenvalue weighted by molar-refractivity contribution is 6.33. The zero-order valence-corrected chi connectivity index (χ0v) is 7.24. The molecule has 3 heteroatoms. The van der Waals surface area contributed by atoms with Crippen molar-refractivity contribution in [3.05, 3.63) is 22.2 Å². The standard InChI is InChI=1S/C8H10ClNO/c1-4-3-6(10)8(11)7(9)5(4)2/h3,11H,10H2,1-2H3. The van der Waals surface area contributed by atoms with E-state index in [4.69, 9.17) is 17.3 Å². The minimum Gasteiger partial charge on any atom is -0.504 e. The van der Waals surface area contributed by atoms with Gasteiger partial charge in [-0.2, -0.15) is 0 Å². The van der Waals surface area contributed by atoms with Gasteiger partial charge in [0.25, 0.3) is 0 Å². The molecule has 0 saturated heterocycles. The van der Waals surface area contributed by atoms with Gasteiger partial charge < -0.3 is 10.8 Å². The SMILES string of the molecule is Cc1cc(N)c(O)c(Cl)c1C. The van der Waals surface area contributed by atoms with Crippen LogP contribution in [0.4, 0.5) is 5.69 Å². The van der Waals surface area contributed by atoms with Crippen LogP contribution in [-0.2, 0) is 0 Å². The van der Waals surface area contributed by atoms with E-state index >= 15 is 0 Å². The van der Waals surface area contributed by atoms with Gasteiger partial charge in [-0.3, -0.25) is 0 Å². The second-order valence-electron chi connectivity index (χ2n) is 2.57. The summed E-state index contributed by atoms with van der Waals surface area (Å²) in [5, 5.41) is 9.60. The van der Waals surface area contributed by atoms with Gasteiger partial charge >= 0.3 is 0 Å². The van der Waals surface area contributed by atoms with Gasteiger partial charge in [-0.15, -0.1) is 0 Å². The molecule has 0 amide bonds. The molecule has 0 saturated carbocycles. The van der Waals surface area contributed by atoms with Crippen LogP contribution in [-0.4, -0.2) is 5.11 Å². The summed E-state index contributed by atoms with van der Waals surface area (Å²) in [4.78, 5) is 0. The Labute approximate surface area is 70.6 Å². The average molecular weight is 172 g/mol. The van der Waals surface area contributed by atoms with Crippen molar-refractivity contribution in [3.8, 4) is 5.75 Å². The number of phenols is 1. The highest BCUT2D eigenvalue weighted by atomic mass is 35.5. The lowest BCUT2D eigenvalue weighted by Crippen LogP contribution is -1.90. The lowest BCUT2D eigenvalue weighted by Gasteiger charge is -2.06. The van der Waals surface area contributed by atoms with Crippen LogP contribution < -0.4 is 5.73 Å². The second kappa shape index (κ2) is 2.62. The van der Waals surface area contributed by atoms with Gasteiger partial charge in [-0.25, -0.2) is 0 Å². The summed E-state index contributed by atoms with van der Waals surface area (Å²) in [5.41, 5.74) is 7.65. The van der Waals surface area contributed by atoms with E-state index in [1.807, 2.05) is 13.8 Å². The molecule has 0 aliphatic rings. The monoisotopic (exact) mass is 171 g/mol. The smallest absolute Gasteiger partial charge is 0.157 e. The number of benzene rings is 1. The maximum Gasteiger partial charge on any atom is 0.157 e. The largest absolute Gasteiger partial charge is 0.504 e. The van der Waals surface area contributed by atoms with E-state index < -0.39 is 0 Å². The van der Waals surface area contributed by atoms with Crippen LogP contribution in [0.15, 0.2) is 6.07 Å². The number of aromatic hydroxyl groups is 1. The van der Waals surface area contributed by atoms with Crippen molar-refractivity contribution in [1.29, 1.82) is 0 Å². The number of halogens is 1. The maximum atomic E-state index is 9.25. The molecule has 0 aliphatic heterocycles. The molecule has 1 aromatic rings. The summed E-state index contributed by atoms with van der Waals surface area (Å²) in [7, 11) is 0. The first-order valence-electron chi connectivity index (χ1n) is 3.28. The first-order chi connectivity index (χ1) is 5.04. The Morgan fingerprint density at radius 3 is 2.55 bits per heavy atom. The van der Waals surface area contributed by atoms with Crippen molar-refractivity contribution in [1.82, 2.24) is 0 Å². The van der Waals surface area contributed by atoms with Crippen molar-refractivity contribution in [3.63, 3.8) is 0 Å². The van der Waals surface area contributed by atoms with E-state index in [-0.39, 0.29) is 5.75 Å². The highest BCUT2D eigenvalue weighted by Gasteiger charge is 2.07. The maximum absolute atomic E-state index is 9.25. The summed E-state index contributed by atoms with van der Waals surface area (Å²) in [6, 6.07) is 1.70. The Balaban J connectivity index is 3.46. The predicted molar refractivity (Wildman–Crippen MR) is 47.0 cm³/mol. The predicted octanol–water partition coefficient (Wildman–Crippen LogP) is 2.24. The van der Waals surface area contributed by atoms with Gasteiger partial charge in [0.15, 0.2) is 5.75 Å². The molecule has 11 heavy (non-hydrogen) atoms. The Hall–Kier alpha value is -0.890. The average Bonchev–Trinajstić information content (AvgIpc) is 1.97. The number of nitrogen functional groups attached to an aromatic ring is 1. The zero-order chi connectivity index (χ0) is 8.59. The molecule has 3 N–H and O–H groups in total. The van der Waals surface area contributed by atoms with Crippen LogP contribution in [0.25, 0.3) is 0 Å². The van der Waals surface area contributed by atoms with Gasteiger partial charge in [-0.05, 0) is 31.0 Å². The molecule has 2 nitrogen and oxygen atoms in total. The molecule has 0 unspecified atom stereocenters. The first-order valence-corrected chi connectivity index (χ1v) is 3.66. The minimum absolute atomic E-state index is 0.0187. The second-order valence-corrected chi connectivity index (χ2v) is 2.95. The molecule has 60 valence electrons. The van der Waals surface area contributed by atoms with Crippen LogP contribution in [0, 0.1) is 13.8 Å². The number of anilines is 1. The molecule has 0 heterocycles. The molecule has 0 atom stereocenters. The van der Waals surface area contributed by atoms with Gasteiger partial charge in [0.05, 0.1) is 10.7 Å². The van der Waals surface area contributed by atoms with E-state index in [0.29, 0.717) is 10.7 Å². The number of nitrogens with two attached hydrogens (primary N) is 1. The Morgan fingerprint density at radius 1 is 1.45 bits per heavy atom. The van der Waals surface area contributed by atoms with Crippen LogP contribution >= 0.6 is 11.6 Å². The summed E-state index contributed by atoms with van der Waals surface area (Å²) in [6.45, 7) is 3.74. The van der Waals surface area contributed by atoms with E-state index in [9.17, 15) is 5.11 Å². The van der Waals surface area contributed by atoms with Crippen LogP contribution in [0.3, 0.4) is 0 Å². The van der Waals surface area contributed by atoms with Crippen molar-refractivity contribution in [2.45, 2.75) is 13.8 Å². The summed E-state index contributed by atoms with van der Waals surface area (Å²) in [5.74, 6) is -0.0187. The van der Waals surface area contributed by atoms with Crippen LogP contribution in [0.2, 0.25) is 5.02 Å². The highest BCUT2D eigenvalue weighted by Crippen LogP contribution is 2.34. The fourth-order valence-electron chi connectivity index (χ4n) is 0.887. The van der Waals surface area contributed by atoms with Crippen molar-refractivity contribution >= 4 is 17.3 Å². The van der Waals surface area contributed by atoms with E-state index in [0.717, 1.165) is 11.1 Å². The normalized spacial score (nSPS) is 10.1. The Morgan fingerprint density at radius 2 is 2.00 bits per heavy atom. The van der Waals surface area contributed by atoms with E-state index in [1.54, 1.807) is 6.07 Å². The number of rotatable bonds is 0. The number of hydrogen-bond acceptors (Lipinski definition) is 2. The van der Waals surface area contributed by atoms with Gasteiger partial charge in [0, 0.05) is 0 Å². The molecule has 0 aliphatic carbocycles. The fourth-order valence-corrected chi connectivity index (χ4v) is 1.15. The summed E-state index contributed by atoms with van der Waals surface area (Å²) >= 11 is 5.76. The molecule has 1 aromatic carbocycles. The Bertz CT molecular complexity index is 270. The minimum atomic E-state index is -0.0187. The quantitative estimate of drug-likeness (QED) is 0.465. The lowest BCUT2D eigenvalue weighted by atomic mass is 10.1. The first kappa shape index (κ1) is 8.21.